The summed E-state index contributed by atoms with van der Waals surface area (Å²) >= 11 is 5.83. The van der Waals surface area contributed by atoms with E-state index in [9.17, 15) is 13.2 Å². The van der Waals surface area contributed by atoms with Gasteiger partial charge in [-0.3, -0.25) is 0 Å². The first kappa shape index (κ1) is 17.5. The summed E-state index contributed by atoms with van der Waals surface area (Å²) in [6.45, 7) is 1.48. The molecule has 0 aromatic heterocycles. The molecule has 7 heteroatoms. The number of morpholine rings is 1. The number of benzene rings is 1. The van der Waals surface area contributed by atoms with E-state index in [1.165, 1.54) is 0 Å². The second-order valence-electron chi connectivity index (χ2n) is 5.59. The van der Waals surface area contributed by atoms with Gasteiger partial charge in [0.2, 0.25) is 0 Å². The maximum absolute atomic E-state index is 12.7. The Hall–Kier alpha value is -0.820. The summed E-state index contributed by atoms with van der Waals surface area (Å²) in [6.07, 6.45) is -5.66. The van der Waals surface area contributed by atoms with Crippen molar-refractivity contribution >= 4 is 11.6 Å². The van der Waals surface area contributed by atoms with Crippen molar-refractivity contribution in [3.63, 3.8) is 0 Å². The van der Waals surface area contributed by atoms with Gasteiger partial charge in [-0.1, -0.05) is 23.7 Å². The molecule has 1 aliphatic rings. The van der Waals surface area contributed by atoms with Crippen molar-refractivity contribution in [1.29, 1.82) is 0 Å². The number of nitrogens with one attached hydrogen (secondary N) is 1. The number of nitrogens with zero attached hydrogens (tertiary/aromatic N) is 1. The van der Waals surface area contributed by atoms with E-state index < -0.39 is 18.4 Å². The lowest BCUT2D eigenvalue weighted by atomic mass is 10.1. The molecule has 0 spiro atoms. The number of likely N-dealkylation sites (N-methyl/N-ethyl adjacent to an activating group) is 1. The van der Waals surface area contributed by atoms with Crippen LogP contribution in [-0.2, 0) is 11.2 Å². The summed E-state index contributed by atoms with van der Waals surface area (Å²) in [4.78, 5) is 1.99. The highest BCUT2D eigenvalue weighted by Crippen LogP contribution is 2.25. The van der Waals surface area contributed by atoms with Gasteiger partial charge in [0.05, 0.1) is 6.10 Å². The summed E-state index contributed by atoms with van der Waals surface area (Å²) < 4.78 is 43.1. The normalized spacial score (nSPS) is 23.0. The van der Waals surface area contributed by atoms with E-state index in [1.54, 1.807) is 0 Å². The molecule has 2 atom stereocenters. The number of hydrogen-bond donors (Lipinski definition) is 1. The van der Waals surface area contributed by atoms with E-state index in [0.717, 1.165) is 18.5 Å². The highest BCUT2D eigenvalue weighted by atomic mass is 35.5. The molecule has 1 N–H and O–H groups in total. The van der Waals surface area contributed by atoms with Crippen LogP contribution in [0.3, 0.4) is 0 Å². The van der Waals surface area contributed by atoms with E-state index in [1.807, 2.05) is 36.2 Å². The molecule has 1 heterocycles. The van der Waals surface area contributed by atoms with E-state index >= 15 is 0 Å². The van der Waals surface area contributed by atoms with Crippen LogP contribution in [0.4, 0.5) is 13.2 Å². The Balaban J connectivity index is 1.76. The maximum atomic E-state index is 12.7. The molecule has 124 valence electrons. The average molecular weight is 337 g/mol. The molecule has 2 unspecified atom stereocenters. The Morgan fingerprint density at radius 2 is 1.95 bits per heavy atom. The van der Waals surface area contributed by atoms with Gasteiger partial charge in [-0.05, 0) is 31.2 Å². The second kappa shape index (κ2) is 7.64. The molecule has 22 heavy (non-hydrogen) atoms. The fourth-order valence-electron chi connectivity index (χ4n) is 2.41. The van der Waals surface area contributed by atoms with Crippen molar-refractivity contribution < 1.29 is 17.9 Å². The largest absolute Gasteiger partial charge is 0.415 e. The van der Waals surface area contributed by atoms with Crippen molar-refractivity contribution in [1.82, 2.24) is 10.2 Å². The highest BCUT2D eigenvalue weighted by Gasteiger charge is 2.43. The maximum Gasteiger partial charge on any atom is 0.415 e. The zero-order valence-electron chi connectivity index (χ0n) is 12.4. The predicted molar refractivity (Wildman–Crippen MR) is 80.2 cm³/mol. The van der Waals surface area contributed by atoms with Gasteiger partial charge in [-0.2, -0.15) is 13.2 Å². The van der Waals surface area contributed by atoms with Crippen molar-refractivity contribution in [2.75, 3.05) is 33.2 Å². The van der Waals surface area contributed by atoms with E-state index in [-0.39, 0.29) is 6.54 Å². The lowest BCUT2D eigenvalue weighted by Crippen LogP contribution is -2.53. The van der Waals surface area contributed by atoms with Crippen LogP contribution in [0.5, 0.6) is 0 Å². The molecule has 0 amide bonds. The molecule has 1 aliphatic heterocycles. The Kier molecular flexibility index (Phi) is 6.09. The third kappa shape index (κ3) is 5.43. The second-order valence-corrected chi connectivity index (χ2v) is 6.02. The lowest BCUT2D eigenvalue weighted by Gasteiger charge is -2.34. The molecular weight excluding hydrogens is 317 g/mol. The van der Waals surface area contributed by atoms with Crippen LogP contribution in [0.15, 0.2) is 24.3 Å². The van der Waals surface area contributed by atoms with Crippen LogP contribution in [-0.4, -0.2) is 56.5 Å². The SMILES string of the molecule is CN(CCc1ccc(Cl)cc1)CC1CNCC(C(F)(F)F)O1. The smallest absolute Gasteiger partial charge is 0.362 e. The van der Waals surface area contributed by atoms with Crippen molar-refractivity contribution in [2.45, 2.75) is 24.8 Å². The van der Waals surface area contributed by atoms with E-state index in [0.29, 0.717) is 18.1 Å². The molecule has 1 fully saturated rings. The molecular formula is C15H20ClF3N2O. The summed E-state index contributed by atoms with van der Waals surface area (Å²) in [7, 11) is 1.89. The van der Waals surface area contributed by atoms with Gasteiger partial charge in [0.25, 0.3) is 0 Å². The third-order valence-electron chi connectivity index (χ3n) is 3.63. The summed E-state index contributed by atoms with van der Waals surface area (Å²) in [5.74, 6) is 0. The van der Waals surface area contributed by atoms with Crippen LogP contribution in [0.25, 0.3) is 0 Å². The minimum absolute atomic E-state index is 0.172. The van der Waals surface area contributed by atoms with Gasteiger partial charge in [0.1, 0.15) is 0 Å². The van der Waals surface area contributed by atoms with Gasteiger partial charge >= 0.3 is 6.18 Å². The molecule has 0 radical (unpaired) electrons. The molecule has 0 aliphatic carbocycles. The van der Waals surface area contributed by atoms with Crippen LogP contribution in [0, 0.1) is 0 Å². The summed E-state index contributed by atoms with van der Waals surface area (Å²) in [5.41, 5.74) is 1.15. The van der Waals surface area contributed by atoms with E-state index in [2.05, 4.69) is 5.32 Å². The minimum atomic E-state index is -4.31. The number of alkyl halides is 3. The standard InChI is InChI=1S/C15H20ClF3N2O/c1-21(7-6-11-2-4-12(16)5-3-11)10-13-8-20-9-14(22-13)15(17,18)19/h2-5,13-14,20H,6-10H2,1H3. The molecule has 0 bridgehead atoms. The molecule has 0 saturated carbocycles. The highest BCUT2D eigenvalue weighted by molar-refractivity contribution is 6.30. The molecule has 2 rings (SSSR count). The summed E-state index contributed by atoms with van der Waals surface area (Å²) in [5, 5.41) is 3.48. The fraction of sp³-hybridized carbons (Fsp3) is 0.600. The fourth-order valence-corrected chi connectivity index (χ4v) is 2.54. The van der Waals surface area contributed by atoms with Gasteiger partial charge in [-0.25, -0.2) is 0 Å². The monoisotopic (exact) mass is 336 g/mol. The lowest BCUT2D eigenvalue weighted by molar-refractivity contribution is -0.240. The number of ether oxygens (including phenoxy) is 1. The Morgan fingerprint density at radius 1 is 1.27 bits per heavy atom. The van der Waals surface area contributed by atoms with Gasteiger partial charge in [0.15, 0.2) is 6.10 Å². The van der Waals surface area contributed by atoms with Crippen LogP contribution < -0.4 is 5.32 Å². The van der Waals surface area contributed by atoms with Gasteiger partial charge < -0.3 is 15.0 Å². The van der Waals surface area contributed by atoms with Crippen molar-refractivity contribution in [3.05, 3.63) is 34.9 Å². The van der Waals surface area contributed by atoms with Gasteiger partial charge in [0, 0.05) is 31.2 Å². The Bertz CT molecular complexity index is 467. The number of hydrogen-bond acceptors (Lipinski definition) is 3. The first-order valence-electron chi connectivity index (χ1n) is 7.20. The first-order valence-corrected chi connectivity index (χ1v) is 7.58. The summed E-state index contributed by atoms with van der Waals surface area (Å²) in [6, 6.07) is 7.57. The molecule has 1 saturated heterocycles. The number of rotatable bonds is 5. The van der Waals surface area contributed by atoms with Crippen LogP contribution in [0.2, 0.25) is 5.02 Å². The zero-order chi connectivity index (χ0) is 16.2. The predicted octanol–water partition coefficient (Wildman–Crippen LogP) is 2.73. The van der Waals surface area contributed by atoms with Crippen LogP contribution >= 0.6 is 11.6 Å². The minimum Gasteiger partial charge on any atom is -0.362 e. The quantitative estimate of drug-likeness (QED) is 0.895. The Labute approximate surface area is 133 Å². The average Bonchev–Trinajstić information content (AvgIpc) is 2.46. The Morgan fingerprint density at radius 3 is 2.59 bits per heavy atom. The first-order chi connectivity index (χ1) is 10.3. The topological polar surface area (TPSA) is 24.5 Å². The van der Waals surface area contributed by atoms with Crippen molar-refractivity contribution in [2.24, 2.45) is 0 Å². The van der Waals surface area contributed by atoms with Crippen LogP contribution in [0.1, 0.15) is 5.56 Å². The third-order valence-corrected chi connectivity index (χ3v) is 3.89. The molecule has 1 aromatic carbocycles. The number of halogens is 4. The van der Waals surface area contributed by atoms with Gasteiger partial charge in [-0.15, -0.1) is 0 Å². The molecule has 3 nitrogen and oxygen atoms in total. The molecule has 1 aromatic rings. The zero-order valence-corrected chi connectivity index (χ0v) is 13.1. The van der Waals surface area contributed by atoms with Crippen molar-refractivity contribution in [3.8, 4) is 0 Å². The van der Waals surface area contributed by atoms with E-state index in [4.69, 9.17) is 16.3 Å².